The van der Waals surface area contributed by atoms with E-state index in [9.17, 15) is 19.2 Å². The van der Waals surface area contributed by atoms with Crippen LogP contribution in [0.3, 0.4) is 0 Å². The van der Waals surface area contributed by atoms with Crippen LogP contribution in [0.5, 0.6) is 0 Å². The van der Waals surface area contributed by atoms with Gasteiger partial charge in [0.05, 0.1) is 17.5 Å². The molecule has 1 atom stereocenters. The van der Waals surface area contributed by atoms with Crippen molar-refractivity contribution < 1.29 is 29.4 Å². The second kappa shape index (κ2) is 4.48. The first-order chi connectivity index (χ1) is 8.93. The molecule has 98 valence electrons. The SMILES string of the molecule is O=C(O)CC(C(=O)O)N1C(=O)c2ccncc2C1=O. The van der Waals surface area contributed by atoms with Gasteiger partial charge in [-0.15, -0.1) is 0 Å². The molecule has 2 amide bonds. The number of carbonyl (C=O) groups excluding carboxylic acids is 2. The molecule has 0 bridgehead atoms. The lowest BCUT2D eigenvalue weighted by Gasteiger charge is -2.20. The maximum Gasteiger partial charge on any atom is 0.327 e. The van der Waals surface area contributed by atoms with Crippen molar-refractivity contribution in [1.29, 1.82) is 0 Å². The summed E-state index contributed by atoms with van der Waals surface area (Å²) in [6.07, 6.45) is 1.59. The smallest absolute Gasteiger partial charge is 0.327 e. The Morgan fingerprint density at radius 2 is 1.84 bits per heavy atom. The Kier molecular flexibility index (Phi) is 2.99. The molecule has 1 aliphatic heterocycles. The molecule has 0 radical (unpaired) electrons. The van der Waals surface area contributed by atoms with Gasteiger partial charge in [0.25, 0.3) is 11.8 Å². The van der Waals surface area contributed by atoms with Gasteiger partial charge in [0.2, 0.25) is 0 Å². The molecule has 0 aliphatic carbocycles. The van der Waals surface area contributed by atoms with Gasteiger partial charge in [-0.1, -0.05) is 0 Å². The normalized spacial score (nSPS) is 15.3. The summed E-state index contributed by atoms with van der Waals surface area (Å²) in [7, 11) is 0. The van der Waals surface area contributed by atoms with Crippen LogP contribution in [0.25, 0.3) is 0 Å². The summed E-state index contributed by atoms with van der Waals surface area (Å²) >= 11 is 0. The van der Waals surface area contributed by atoms with Crippen molar-refractivity contribution >= 4 is 23.8 Å². The van der Waals surface area contributed by atoms with Gasteiger partial charge >= 0.3 is 11.9 Å². The number of rotatable bonds is 4. The van der Waals surface area contributed by atoms with Crippen molar-refractivity contribution in [3.63, 3.8) is 0 Å². The highest BCUT2D eigenvalue weighted by Crippen LogP contribution is 2.24. The zero-order chi connectivity index (χ0) is 14.2. The molecule has 1 aromatic rings. The van der Waals surface area contributed by atoms with Crippen LogP contribution in [0.4, 0.5) is 0 Å². The van der Waals surface area contributed by atoms with E-state index in [1.165, 1.54) is 12.3 Å². The minimum absolute atomic E-state index is 0.0239. The maximum atomic E-state index is 12.0. The molecule has 8 heteroatoms. The summed E-state index contributed by atoms with van der Waals surface area (Å²) in [6, 6.07) is -0.445. The average Bonchev–Trinajstić information content (AvgIpc) is 2.60. The summed E-state index contributed by atoms with van der Waals surface area (Å²) in [5, 5.41) is 17.6. The number of carbonyl (C=O) groups is 4. The predicted octanol–water partition coefficient (Wildman–Crippen LogP) is -0.395. The number of pyridine rings is 1. The quantitative estimate of drug-likeness (QED) is 0.709. The van der Waals surface area contributed by atoms with Gasteiger partial charge in [-0.3, -0.25) is 24.3 Å². The number of amides is 2. The number of imide groups is 1. The molecule has 1 aromatic heterocycles. The number of hydrogen-bond acceptors (Lipinski definition) is 5. The van der Waals surface area contributed by atoms with Gasteiger partial charge in [0, 0.05) is 12.4 Å². The molecule has 2 heterocycles. The van der Waals surface area contributed by atoms with Crippen LogP contribution in [0.15, 0.2) is 18.5 Å². The van der Waals surface area contributed by atoms with Crippen LogP contribution in [0, 0.1) is 0 Å². The molecule has 0 spiro atoms. The molecule has 8 nitrogen and oxygen atoms in total. The number of fused-ring (bicyclic) bond motifs is 1. The summed E-state index contributed by atoms with van der Waals surface area (Å²) in [6.45, 7) is 0. The fraction of sp³-hybridized carbons (Fsp3) is 0.182. The topological polar surface area (TPSA) is 125 Å². The van der Waals surface area contributed by atoms with E-state index in [2.05, 4.69) is 4.98 Å². The van der Waals surface area contributed by atoms with Gasteiger partial charge in [-0.2, -0.15) is 0 Å². The molecule has 0 saturated carbocycles. The van der Waals surface area contributed by atoms with E-state index < -0.39 is 36.2 Å². The first-order valence-corrected chi connectivity index (χ1v) is 5.20. The Hall–Kier alpha value is -2.77. The second-order valence-corrected chi connectivity index (χ2v) is 3.85. The van der Waals surface area contributed by atoms with Gasteiger partial charge < -0.3 is 10.2 Å². The molecule has 1 aliphatic rings. The van der Waals surface area contributed by atoms with Crippen LogP contribution in [0.1, 0.15) is 27.1 Å². The molecule has 2 rings (SSSR count). The summed E-state index contributed by atoms with van der Waals surface area (Å²) in [5.41, 5.74) is 0.000720. The fourth-order valence-corrected chi connectivity index (χ4v) is 1.84. The van der Waals surface area contributed by atoms with Crippen molar-refractivity contribution in [3.8, 4) is 0 Å². The van der Waals surface area contributed by atoms with E-state index in [0.717, 1.165) is 6.20 Å². The second-order valence-electron chi connectivity index (χ2n) is 3.85. The highest BCUT2D eigenvalue weighted by Gasteiger charge is 2.43. The monoisotopic (exact) mass is 264 g/mol. The average molecular weight is 264 g/mol. The van der Waals surface area contributed by atoms with E-state index in [1.54, 1.807) is 0 Å². The molecule has 0 aromatic carbocycles. The van der Waals surface area contributed by atoms with E-state index in [0.29, 0.717) is 4.90 Å². The lowest BCUT2D eigenvalue weighted by molar-refractivity contribution is -0.147. The Bertz CT molecular complexity index is 562. The summed E-state index contributed by atoms with van der Waals surface area (Å²) < 4.78 is 0. The number of hydrogen-bond donors (Lipinski definition) is 2. The molecular weight excluding hydrogens is 256 g/mol. The predicted molar refractivity (Wildman–Crippen MR) is 58.4 cm³/mol. The van der Waals surface area contributed by atoms with Crippen LogP contribution in [0.2, 0.25) is 0 Å². The first-order valence-electron chi connectivity index (χ1n) is 5.20. The molecular formula is C11H8N2O6. The van der Waals surface area contributed by atoms with Crippen molar-refractivity contribution in [3.05, 3.63) is 29.6 Å². The third-order valence-electron chi connectivity index (χ3n) is 2.68. The number of aliphatic carboxylic acids is 2. The Morgan fingerprint density at radius 1 is 1.21 bits per heavy atom. The van der Waals surface area contributed by atoms with Crippen molar-refractivity contribution in [2.45, 2.75) is 12.5 Å². The molecule has 0 saturated heterocycles. The summed E-state index contributed by atoms with van der Waals surface area (Å²) in [5.74, 6) is -4.63. The third-order valence-corrected chi connectivity index (χ3v) is 2.68. The van der Waals surface area contributed by atoms with E-state index in [-0.39, 0.29) is 11.1 Å². The summed E-state index contributed by atoms with van der Waals surface area (Å²) in [4.78, 5) is 49.7. The van der Waals surface area contributed by atoms with E-state index >= 15 is 0 Å². The molecule has 19 heavy (non-hydrogen) atoms. The van der Waals surface area contributed by atoms with Gasteiger partial charge in [0.15, 0.2) is 0 Å². The standard InChI is InChI=1S/C11H8N2O6/c14-8(15)3-7(11(18)19)13-9(16)5-1-2-12-4-6(5)10(13)17/h1-2,4,7H,3H2,(H,14,15)(H,18,19). The molecule has 1 unspecified atom stereocenters. The van der Waals surface area contributed by atoms with Gasteiger partial charge in [0.1, 0.15) is 6.04 Å². The van der Waals surface area contributed by atoms with Crippen LogP contribution in [-0.4, -0.2) is 49.9 Å². The Morgan fingerprint density at radius 3 is 2.37 bits per heavy atom. The number of carboxylic acids is 2. The highest BCUT2D eigenvalue weighted by atomic mass is 16.4. The number of carboxylic acid groups (broad SMARTS) is 2. The Balaban J connectivity index is 2.42. The number of nitrogens with zero attached hydrogens (tertiary/aromatic N) is 2. The highest BCUT2D eigenvalue weighted by molar-refractivity contribution is 6.22. The minimum atomic E-state index is -1.73. The molecule has 0 fully saturated rings. The van der Waals surface area contributed by atoms with Crippen molar-refractivity contribution in [1.82, 2.24) is 9.88 Å². The zero-order valence-corrected chi connectivity index (χ0v) is 9.44. The largest absolute Gasteiger partial charge is 0.481 e. The first kappa shape index (κ1) is 12.7. The Labute approximate surface area is 106 Å². The van der Waals surface area contributed by atoms with E-state index in [1.807, 2.05) is 0 Å². The van der Waals surface area contributed by atoms with Crippen LogP contribution in [-0.2, 0) is 9.59 Å². The van der Waals surface area contributed by atoms with E-state index in [4.69, 9.17) is 10.2 Å². The minimum Gasteiger partial charge on any atom is -0.481 e. The lowest BCUT2D eigenvalue weighted by atomic mass is 10.2. The van der Waals surface area contributed by atoms with Crippen molar-refractivity contribution in [2.75, 3.05) is 0 Å². The lowest BCUT2D eigenvalue weighted by Crippen LogP contribution is -2.46. The zero-order valence-electron chi connectivity index (χ0n) is 9.44. The third kappa shape index (κ3) is 2.03. The van der Waals surface area contributed by atoms with Gasteiger partial charge in [-0.05, 0) is 6.07 Å². The van der Waals surface area contributed by atoms with Crippen LogP contribution < -0.4 is 0 Å². The van der Waals surface area contributed by atoms with Gasteiger partial charge in [-0.25, -0.2) is 4.79 Å². The van der Waals surface area contributed by atoms with Crippen LogP contribution >= 0.6 is 0 Å². The fourth-order valence-electron chi connectivity index (χ4n) is 1.84. The molecule has 2 N–H and O–H groups in total. The van der Waals surface area contributed by atoms with Crippen molar-refractivity contribution in [2.24, 2.45) is 0 Å². The number of aromatic nitrogens is 1. The maximum absolute atomic E-state index is 12.0.